The third-order valence-electron chi connectivity index (χ3n) is 2.52. The van der Waals surface area contributed by atoms with Gasteiger partial charge in [-0.15, -0.1) is 0 Å². The summed E-state index contributed by atoms with van der Waals surface area (Å²) in [5.41, 5.74) is -0.526. The van der Waals surface area contributed by atoms with E-state index in [1.54, 1.807) is 0 Å². The molecule has 8 nitrogen and oxygen atoms in total. The average Bonchev–Trinajstić information content (AvgIpc) is 2.76. The third-order valence-corrected chi connectivity index (χ3v) is 4.62. The van der Waals surface area contributed by atoms with Gasteiger partial charge in [-0.25, -0.2) is 17.5 Å². The maximum Gasteiger partial charge on any atom is 0.331 e. The van der Waals surface area contributed by atoms with Gasteiger partial charge in [0.2, 0.25) is 0 Å². The molecule has 0 saturated carbocycles. The highest BCUT2D eigenvalue weighted by Gasteiger charge is 2.34. The van der Waals surface area contributed by atoms with Crippen molar-refractivity contribution in [2.75, 3.05) is 13.1 Å². The van der Waals surface area contributed by atoms with E-state index in [-0.39, 0.29) is 23.0 Å². The summed E-state index contributed by atoms with van der Waals surface area (Å²) in [5, 5.41) is 12.9. The van der Waals surface area contributed by atoms with E-state index in [1.165, 1.54) is 0 Å². The Balaban J connectivity index is 2.49. The number of sulfonamides is 1. The molecule has 0 atom stereocenters. The summed E-state index contributed by atoms with van der Waals surface area (Å²) in [7, 11) is -4.10. The molecule has 19 heavy (non-hydrogen) atoms. The highest BCUT2D eigenvalue weighted by molar-refractivity contribution is 7.89. The molecule has 1 aromatic rings. The van der Waals surface area contributed by atoms with Crippen molar-refractivity contribution in [2.24, 2.45) is 0 Å². The smallest absolute Gasteiger partial charge is 0.331 e. The van der Waals surface area contributed by atoms with E-state index in [2.05, 4.69) is 5.32 Å². The normalized spacial score (nSPS) is 15.4. The number of nitro groups is 1. The summed E-state index contributed by atoms with van der Waals surface area (Å²) < 4.78 is 24.9. The third kappa shape index (κ3) is 2.34. The molecular formula is C9H8ClN3O5S. The van der Waals surface area contributed by atoms with Crippen LogP contribution in [0, 0.1) is 10.1 Å². The lowest BCUT2D eigenvalue weighted by molar-refractivity contribution is -0.384. The van der Waals surface area contributed by atoms with Crippen LogP contribution in [0.5, 0.6) is 0 Å². The van der Waals surface area contributed by atoms with Crippen molar-refractivity contribution in [2.45, 2.75) is 4.90 Å². The van der Waals surface area contributed by atoms with Crippen molar-refractivity contribution in [3.05, 3.63) is 33.3 Å². The van der Waals surface area contributed by atoms with Gasteiger partial charge in [0.25, 0.3) is 15.7 Å². The molecule has 1 aliphatic rings. The number of halogens is 1. The number of benzene rings is 1. The van der Waals surface area contributed by atoms with Gasteiger partial charge in [-0.2, -0.15) is 0 Å². The standard InChI is InChI=1S/C9H8ClN3O5S/c10-7-2-1-6(5-8(7)13(15)16)19(17,18)12-4-3-11-9(12)14/h1-2,5H,3-4H2,(H,11,14). The zero-order chi connectivity index (χ0) is 14.2. The van der Waals surface area contributed by atoms with E-state index < -0.39 is 26.7 Å². The van der Waals surface area contributed by atoms with Crippen LogP contribution in [0.2, 0.25) is 5.02 Å². The summed E-state index contributed by atoms with van der Waals surface area (Å²) in [5.74, 6) is 0. The van der Waals surface area contributed by atoms with Crippen LogP contribution in [0.1, 0.15) is 0 Å². The van der Waals surface area contributed by atoms with Crippen molar-refractivity contribution in [1.29, 1.82) is 0 Å². The SMILES string of the molecule is O=C1NCCN1S(=O)(=O)c1ccc(Cl)c([N+](=O)[O-])c1. The first-order chi connectivity index (χ1) is 8.84. The largest absolute Gasteiger partial charge is 0.335 e. The fourth-order valence-electron chi connectivity index (χ4n) is 1.60. The summed E-state index contributed by atoms with van der Waals surface area (Å²) in [6.45, 7) is 0.186. The predicted molar refractivity (Wildman–Crippen MR) is 65.4 cm³/mol. The van der Waals surface area contributed by atoms with E-state index in [0.29, 0.717) is 4.31 Å². The van der Waals surface area contributed by atoms with Crippen LogP contribution in [0.4, 0.5) is 10.5 Å². The predicted octanol–water partition coefficient (Wildman–Crippen LogP) is 0.962. The van der Waals surface area contributed by atoms with Gasteiger partial charge in [0.05, 0.1) is 16.4 Å². The van der Waals surface area contributed by atoms with Gasteiger partial charge in [0.15, 0.2) is 0 Å². The summed E-state index contributed by atoms with van der Waals surface area (Å²) >= 11 is 5.60. The zero-order valence-electron chi connectivity index (χ0n) is 9.37. The highest BCUT2D eigenvalue weighted by Crippen LogP contribution is 2.28. The minimum absolute atomic E-state index is 0.0163. The van der Waals surface area contributed by atoms with E-state index in [9.17, 15) is 23.3 Å². The molecule has 1 heterocycles. The Morgan fingerprint density at radius 1 is 1.42 bits per heavy atom. The van der Waals surface area contributed by atoms with E-state index in [0.717, 1.165) is 18.2 Å². The topological polar surface area (TPSA) is 110 Å². The van der Waals surface area contributed by atoms with Crippen LogP contribution in [0.25, 0.3) is 0 Å². The monoisotopic (exact) mass is 305 g/mol. The second kappa shape index (κ2) is 4.67. The lowest BCUT2D eigenvalue weighted by Gasteiger charge is -2.14. The second-order valence-corrected chi connectivity index (χ2v) is 5.95. The molecule has 1 aliphatic heterocycles. The number of nitrogens with one attached hydrogen (secondary N) is 1. The Morgan fingerprint density at radius 3 is 2.63 bits per heavy atom. The fraction of sp³-hybridized carbons (Fsp3) is 0.222. The van der Waals surface area contributed by atoms with Gasteiger partial charge in [0, 0.05) is 12.6 Å². The van der Waals surface area contributed by atoms with Crippen molar-refractivity contribution < 1.29 is 18.1 Å². The average molecular weight is 306 g/mol. The Hall–Kier alpha value is -1.87. The maximum atomic E-state index is 12.1. The van der Waals surface area contributed by atoms with Crippen molar-refractivity contribution >= 4 is 33.3 Å². The molecule has 1 N–H and O–H groups in total. The summed E-state index contributed by atoms with van der Waals surface area (Å²) in [4.78, 5) is 20.9. The van der Waals surface area contributed by atoms with Crippen LogP contribution >= 0.6 is 11.6 Å². The number of nitro benzene ring substituents is 1. The molecule has 1 aromatic carbocycles. The molecular weight excluding hydrogens is 298 g/mol. The Labute approximate surface area is 113 Å². The van der Waals surface area contributed by atoms with E-state index in [4.69, 9.17) is 11.6 Å². The molecule has 0 aromatic heterocycles. The van der Waals surface area contributed by atoms with Crippen LogP contribution in [0.15, 0.2) is 23.1 Å². The number of rotatable bonds is 3. The molecule has 1 fully saturated rings. The number of hydrogen-bond donors (Lipinski definition) is 1. The Morgan fingerprint density at radius 2 is 2.11 bits per heavy atom. The van der Waals surface area contributed by atoms with Crippen LogP contribution < -0.4 is 5.32 Å². The van der Waals surface area contributed by atoms with E-state index in [1.807, 2.05) is 0 Å². The molecule has 2 amide bonds. The number of amides is 2. The molecule has 0 bridgehead atoms. The van der Waals surface area contributed by atoms with Crippen molar-refractivity contribution in [3.63, 3.8) is 0 Å². The van der Waals surface area contributed by atoms with Crippen molar-refractivity contribution in [1.82, 2.24) is 9.62 Å². The lowest BCUT2D eigenvalue weighted by atomic mass is 10.3. The quantitative estimate of drug-likeness (QED) is 0.660. The molecule has 0 aliphatic carbocycles. The van der Waals surface area contributed by atoms with Gasteiger partial charge >= 0.3 is 6.03 Å². The van der Waals surface area contributed by atoms with Gasteiger partial charge in [-0.3, -0.25) is 10.1 Å². The molecule has 10 heteroatoms. The zero-order valence-corrected chi connectivity index (χ0v) is 10.9. The van der Waals surface area contributed by atoms with Gasteiger partial charge in [-0.1, -0.05) is 11.6 Å². The Kier molecular flexibility index (Phi) is 3.33. The molecule has 102 valence electrons. The minimum atomic E-state index is -4.10. The van der Waals surface area contributed by atoms with Gasteiger partial charge in [0.1, 0.15) is 5.02 Å². The number of nitrogens with zero attached hydrogens (tertiary/aromatic N) is 2. The van der Waals surface area contributed by atoms with Gasteiger partial charge < -0.3 is 5.32 Å². The Bertz CT molecular complexity index is 660. The lowest BCUT2D eigenvalue weighted by Crippen LogP contribution is -2.34. The summed E-state index contributed by atoms with van der Waals surface area (Å²) in [6.07, 6.45) is 0. The number of carbonyl (C=O) groups excluding carboxylic acids is 1. The second-order valence-electron chi connectivity index (χ2n) is 3.68. The van der Waals surface area contributed by atoms with Crippen molar-refractivity contribution in [3.8, 4) is 0 Å². The fourth-order valence-corrected chi connectivity index (χ4v) is 3.16. The highest BCUT2D eigenvalue weighted by atomic mass is 35.5. The van der Waals surface area contributed by atoms with Crippen LogP contribution in [-0.4, -0.2) is 36.8 Å². The molecule has 0 unspecified atom stereocenters. The number of urea groups is 1. The number of carbonyl (C=O) groups is 1. The summed E-state index contributed by atoms with van der Waals surface area (Å²) in [6, 6.07) is 2.32. The van der Waals surface area contributed by atoms with Gasteiger partial charge in [-0.05, 0) is 12.1 Å². The molecule has 0 radical (unpaired) electrons. The molecule has 2 rings (SSSR count). The first-order valence-corrected chi connectivity index (χ1v) is 6.90. The molecule has 1 saturated heterocycles. The number of hydrogen-bond acceptors (Lipinski definition) is 5. The van der Waals surface area contributed by atoms with Crippen LogP contribution in [0.3, 0.4) is 0 Å². The first-order valence-electron chi connectivity index (χ1n) is 5.08. The maximum absolute atomic E-state index is 12.1. The molecule has 0 spiro atoms. The first kappa shape index (κ1) is 13.6. The van der Waals surface area contributed by atoms with E-state index >= 15 is 0 Å². The van der Waals surface area contributed by atoms with Crippen LogP contribution in [-0.2, 0) is 10.0 Å². The minimum Gasteiger partial charge on any atom is -0.335 e.